The van der Waals surface area contributed by atoms with Crippen molar-refractivity contribution in [2.45, 2.75) is 44.4 Å². The maximum Gasteiger partial charge on any atom is 0.261 e. The molecule has 180 valence electrons. The van der Waals surface area contributed by atoms with Crippen LogP contribution in [0.2, 0.25) is 10.0 Å². The Morgan fingerprint density at radius 2 is 1.74 bits per heavy atom. The third-order valence-corrected chi connectivity index (χ3v) is 9.03. The number of benzene rings is 2. The molecule has 0 radical (unpaired) electrons. The van der Waals surface area contributed by atoms with Gasteiger partial charge in [-0.15, -0.1) is 11.3 Å². The third-order valence-electron chi connectivity index (χ3n) is 6.15. The maximum atomic E-state index is 13.4. The summed E-state index contributed by atoms with van der Waals surface area (Å²) < 4.78 is 28.2. The van der Waals surface area contributed by atoms with Gasteiger partial charge in [-0.05, 0) is 91.6 Å². The summed E-state index contributed by atoms with van der Waals surface area (Å²) in [6, 6.07) is 9.44. The van der Waals surface area contributed by atoms with Crippen LogP contribution in [0.3, 0.4) is 0 Å². The molecule has 3 aromatic rings. The normalized spacial score (nSPS) is 14.3. The lowest BCUT2D eigenvalue weighted by atomic mass is 9.94. The molecule has 0 bridgehead atoms. The van der Waals surface area contributed by atoms with Crippen LogP contribution >= 0.6 is 34.5 Å². The Kier molecular flexibility index (Phi) is 7.57. The van der Waals surface area contributed by atoms with Gasteiger partial charge in [0.15, 0.2) is 5.78 Å². The monoisotopic (exact) mass is 536 g/mol. The molecule has 1 N–H and O–H groups in total. The number of Topliss-reactive ketones (excluding diaryl/α,β-unsaturated/α-hetero) is 1. The number of halogens is 2. The van der Waals surface area contributed by atoms with Crippen molar-refractivity contribution in [2.75, 3.05) is 22.7 Å². The van der Waals surface area contributed by atoms with Crippen molar-refractivity contribution in [3.05, 3.63) is 73.4 Å². The topological polar surface area (TPSA) is 66.5 Å². The van der Waals surface area contributed by atoms with Gasteiger partial charge in [-0.1, -0.05) is 23.2 Å². The SMILES string of the molecule is Cc1cc(Cl)c(N2CCCCC2)c(C)c1CC(=O)c1sccc1NS(=O)(=O)c1ccc(Cl)cc1. The number of hydrogen-bond donors (Lipinski definition) is 1. The molecule has 1 aliphatic rings. The molecule has 0 saturated carbocycles. The number of nitrogens with zero attached hydrogens (tertiary/aromatic N) is 1. The van der Waals surface area contributed by atoms with Crippen LogP contribution in [-0.2, 0) is 16.4 Å². The number of piperidine rings is 1. The van der Waals surface area contributed by atoms with Crippen LogP contribution in [0, 0.1) is 13.8 Å². The summed E-state index contributed by atoms with van der Waals surface area (Å²) in [5.74, 6) is -0.137. The molecule has 34 heavy (non-hydrogen) atoms. The van der Waals surface area contributed by atoms with E-state index in [0.717, 1.165) is 48.3 Å². The molecule has 1 saturated heterocycles. The Hall–Kier alpha value is -2.06. The molecular weight excluding hydrogens is 511 g/mol. The Morgan fingerprint density at radius 3 is 2.41 bits per heavy atom. The molecule has 4 rings (SSSR count). The van der Waals surface area contributed by atoms with E-state index in [1.54, 1.807) is 11.4 Å². The minimum atomic E-state index is -3.85. The predicted octanol–water partition coefficient (Wildman–Crippen LogP) is 6.89. The van der Waals surface area contributed by atoms with Crippen LogP contribution in [0.25, 0.3) is 0 Å². The van der Waals surface area contributed by atoms with E-state index in [4.69, 9.17) is 23.2 Å². The van der Waals surface area contributed by atoms with Gasteiger partial charge in [0.1, 0.15) is 0 Å². The lowest BCUT2D eigenvalue weighted by molar-refractivity contribution is 0.0997. The quantitative estimate of drug-likeness (QED) is 0.334. The molecule has 2 heterocycles. The van der Waals surface area contributed by atoms with Gasteiger partial charge in [-0.3, -0.25) is 9.52 Å². The standard InChI is InChI=1S/C25H26Cl2N2O3S2/c1-16-14-21(27)24(29-11-4-3-5-12-29)17(2)20(16)15-23(30)25-22(10-13-33-25)28-34(31,32)19-8-6-18(26)7-9-19/h6-10,13-14,28H,3-5,11-12,15H2,1-2H3. The predicted molar refractivity (Wildman–Crippen MR) is 142 cm³/mol. The van der Waals surface area contributed by atoms with Gasteiger partial charge in [0, 0.05) is 24.5 Å². The minimum Gasteiger partial charge on any atom is -0.370 e. The molecule has 0 aliphatic carbocycles. The molecule has 0 amide bonds. The zero-order chi connectivity index (χ0) is 24.5. The number of thiophene rings is 1. The zero-order valence-electron chi connectivity index (χ0n) is 19.0. The minimum absolute atomic E-state index is 0.0806. The van der Waals surface area contributed by atoms with E-state index in [1.165, 1.54) is 42.0 Å². The molecule has 1 aliphatic heterocycles. The Balaban J connectivity index is 1.60. The number of carbonyl (C=O) groups is 1. The number of hydrogen-bond acceptors (Lipinski definition) is 5. The second-order valence-corrected chi connectivity index (χ2v) is 11.9. The average Bonchev–Trinajstić information content (AvgIpc) is 3.25. The summed E-state index contributed by atoms with van der Waals surface area (Å²) >= 11 is 13.7. The van der Waals surface area contributed by atoms with E-state index in [0.29, 0.717) is 14.9 Å². The van der Waals surface area contributed by atoms with Crippen molar-refractivity contribution < 1.29 is 13.2 Å². The van der Waals surface area contributed by atoms with Gasteiger partial charge < -0.3 is 4.90 Å². The Bertz CT molecular complexity index is 1310. The molecule has 9 heteroatoms. The highest BCUT2D eigenvalue weighted by atomic mass is 35.5. The fraction of sp³-hybridized carbons (Fsp3) is 0.320. The van der Waals surface area contributed by atoms with Crippen LogP contribution < -0.4 is 9.62 Å². The lowest BCUT2D eigenvalue weighted by Gasteiger charge is -2.32. The summed E-state index contributed by atoms with van der Waals surface area (Å²) in [5.41, 5.74) is 4.20. The molecule has 1 fully saturated rings. The molecule has 1 aromatic heterocycles. The number of nitrogens with one attached hydrogen (secondary N) is 1. The molecule has 0 spiro atoms. The van der Waals surface area contributed by atoms with Crippen molar-refractivity contribution in [3.8, 4) is 0 Å². The molecule has 0 atom stereocenters. The first-order chi connectivity index (χ1) is 16.2. The first kappa shape index (κ1) is 25.0. The number of sulfonamides is 1. The van der Waals surface area contributed by atoms with Crippen molar-refractivity contribution in [1.82, 2.24) is 0 Å². The van der Waals surface area contributed by atoms with E-state index in [1.807, 2.05) is 19.9 Å². The van der Waals surface area contributed by atoms with E-state index in [-0.39, 0.29) is 22.8 Å². The van der Waals surface area contributed by atoms with Crippen molar-refractivity contribution in [1.29, 1.82) is 0 Å². The number of carbonyl (C=O) groups excluding carboxylic acids is 1. The summed E-state index contributed by atoms with van der Waals surface area (Å²) in [6.07, 6.45) is 3.65. The van der Waals surface area contributed by atoms with Crippen LogP contribution in [0.1, 0.15) is 45.6 Å². The first-order valence-corrected chi connectivity index (χ1v) is 14.2. The first-order valence-electron chi connectivity index (χ1n) is 11.1. The van der Waals surface area contributed by atoms with Gasteiger partial charge in [0.25, 0.3) is 10.0 Å². The van der Waals surface area contributed by atoms with E-state index < -0.39 is 10.0 Å². The highest BCUT2D eigenvalue weighted by Gasteiger charge is 2.24. The van der Waals surface area contributed by atoms with Gasteiger partial charge in [-0.25, -0.2) is 8.42 Å². The highest BCUT2D eigenvalue weighted by molar-refractivity contribution is 7.92. The molecule has 5 nitrogen and oxygen atoms in total. The third kappa shape index (κ3) is 5.28. The summed E-state index contributed by atoms with van der Waals surface area (Å²) in [7, 11) is -3.85. The Labute approximate surface area is 214 Å². The van der Waals surface area contributed by atoms with E-state index >= 15 is 0 Å². The molecular formula is C25H26Cl2N2O3S2. The van der Waals surface area contributed by atoms with Crippen LogP contribution in [0.5, 0.6) is 0 Å². The fourth-order valence-corrected chi connectivity index (χ4v) is 6.88. The average molecular weight is 538 g/mol. The number of rotatable bonds is 7. The van der Waals surface area contributed by atoms with Crippen molar-refractivity contribution in [3.63, 3.8) is 0 Å². The second kappa shape index (κ2) is 10.3. The second-order valence-electron chi connectivity index (χ2n) is 8.50. The highest BCUT2D eigenvalue weighted by Crippen LogP contribution is 2.37. The van der Waals surface area contributed by atoms with Gasteiger partial charge in [-0.2, -0.15) is 0 Å². The summed E-state index contributed by atoms with van der Waals surface area (Å²) in [5, 5.41) is 2.87. The van der Waals surface area contributed by atoms with Crippen LogP contribution in [0.4, 0.5) is 11.4 Å². The number of anilines is 2. The van der Waals surface area contributed by atoms with Crippen molar-refractivity contribution in [2.24, 2.45) is 0 Å². The summed E-state index contributed by atoms with van der Waals surface area (Å²) in [4.78, 5) is 16.1. The van der Waals surface area contributed by atoms with E-state index in [9.17, 15) is 13.2 Å². The number of ketones is 1. The van der Waals surface area contributed by atoms with Crippen molar-refractivity contribution >= 4 is 61.7 Å². The molecule has 2 aromatic carbocycles. The Morgan fingerprint density at radius 1 is 1.06 bits per heavy atom. The summed E-state index contributed by atoms with van der Waals surface area (Å²) in [6.45, 7) is 5.89. The van der Waals surface area contributed by atoms with Crippen LogP contribution in [0.15, 0.2) is 46.7 Å². The maximum absolute atomic E-state index is 13.4. The largest absolute Gasteiger partial charge is 0.370 e. The molecule has 0 unspecified atom stereocenters. The van der Waals surface area contributed by atoms with Gasteiger partial charge in [0.2, 0.25) is 0 Å². The fourth-order valence-electron chi connectivity index (χ4n) is 4.40. The van der Waals surface area contributed by atoms with Gasteiger partial charge >= 0.3 is 0 Å². The lowest BCUT2D eigenvalue weighted by Crippen LogP contribution is -2.30. The zero-order valence-corrected chi connectivity index (χ0v) is 22.2. The van der Waals surface area contributed by atoms with Crippen LogP contribution in [-0.4, -0.2) is 27.3 Å². The van der Waals surface area contributed by atoms with E-state index in [2.05, 4.69) is 9.62 Å². The smallest absolute Gasteiger partial charge is 0.261 e. The number of aryl methyl sites for hydroxylation is 1. The van der Waals surface area contributed by atoms with Gasteiger partial charge in [0.05, 0.1) is 26.2 Å².